The fourth-order valence-corrected chi connectivity index (χ4v) is 4.83. The molecule has 1 saturated heterocycles. The Balaban J connectivity index is 1.43. The topological polar surface area (TPSA) is 121 Å². The molecule has 0 bridgehead atoms. The molecule has 2 aromatic carbocycles. The number of aryl methyl sites for hydroxylation is 1. The van der Waals surface area contributed by atoms with Crippen LogP contribution in [0.3, 0.4) is 0 Å². The fraction of sp³-hybridized carbons (Fsp3) is 0.379. The lowest BCUT2D eigenvalue weighted by Crippen LogP contribution is -2.44. The van der Waals surface area contributed by atoms with Crippen LogP contribution >= 0.6 is 0 Å². The lowest BCUT2D eigenvalue weighted by molar-refractivity contribution is -0.122. The van der Waals surface area contributed by atoms with Gasteiger partial charge in [0.15, 0.2) is 17.3 Å². The molecule has 0 saturated carbocycles. The van der Waals surface area contributed by atoms with Crippen molar-refractivity contribution in [3.8, 4) is 23.0 Å². The first kappa shape index (κ1) is 27.1. The normalized spacial score (nSPS) is 15.1. The minimum Gasteiger partial charge on any atom is -0.504 e. The van der Waals surface area contributed by atoms with Gasteiger partial charge in [0, 0.05) is 38.2 Å². The summed E-state index contributed by atoms with van der Waals surface area (Å²) < 4.78 is 16.2. The predicted molar refractivity (Wildman–Crippen MR) is 142 cm³/mol. The number of hydrogen-bond acceptors (Lipinski definition) is 8. The van der Waals surface area contributed by atoms with Crippen molar-refractivity contribution in [3.05, 3.63) is 81.4 Å². The molecule has 3 aromatic rings. The minimum absolute atomic E-state index is 0.00667. The molecule has 1 amide bonds. The third-order valence-corrected chi connectivity index (χ3v) is 6.90. The number of phenols is 1. The number of rotatable bonds is 9. The van der Waals surface area contributed by atoms with Crippen LogP contribution < -0.4 is 20.2 Å². The molecular formula is C29H34N2O7. The van der Waals surface area contributed by atoms with Gasteiger partial charge >= 0.3 is 0 Å². The van der Waals surface area contributed by atoms with Gasteiger partial charge in [-0.15, -0.1) is 0 Å². The number of phenolic OH excluding ortho intramolecular Hbond substituents is 1. The Kier molecular flexibility index (Phi) is 8.58. The van der Waals surface area contributed by atoms with Crippen LogP contribution in [-0.2, 0) is 11.3 Å². The van der Waals surface area contributed by atoms with E-state index in [1.807, 2.05) is 12.1 Å². The molecule has 38 heavy (non-hydrogen) atoms. The summed E-state index contributed by atoms with van der Waals surface area (Å²) >= 11 is 0. The molecule has 4 rings (SSSR count). The first-order valence-corrected chi connectivity index (χ1v) is 12.6. The molecule has 0 unspecified atom stereocenters. The third kappa shape index (κ3) is 6.47. The molecule has 9 nitrogen and oxygen atoms in total. The van der Waals surface area contributed by atoms with Crippen molar-refractivity contribution in [2.45, 2.75) is 44.7 Å². The van der Waals surface area contributed by atoms with Gasteiger partial charge in [0.25, 0.3) is 0 Å². The van der Waals surface area contributed by atoms with Gasteiger partial charge in [0.2, 0.25) is 17.1 Å². The summed E-state index contributed by atoms with van der Waals surface area (Å²) in [7, 11) is 3.07. The zero-order valence-electron chi connectivity index (χ0n) is 21.9. The highest BCUT2D eigenvalue weighted by atomic mass is 16.5. The molecule has 9 heteroatoms. The second kappa shape index (κ2) is 12.0. The van der Waals surface area contributed by atoms with E-state index in [-0.39, 0.29) is 35.6 Å². The van der Waals surface area contributed by atoms with Crippen LogP contribution in [0.5, 0.6) is 23.0 Å². The predicted octanol–water partition coefficient (Wildman–Crippen LogP) is 3.68. The molecule has 1 aromatic heterocycles. The molecule has 0 spiro atoms. The van der Waals surface area contributed by atoms with Gasteiger partial charge in [-0.1, -0.05) is 18.2 Å². The number of carbonyl (C=O) groups is 1. The third-order valence-electron chi connectivity index (χ3n) is 6.90. The SMILES string of the molecule is COc1ccc(CN2CCC(NC(=O)C[C@@H](c3ccc(O)c(OC)c3)c3oc(C)cc(=O)c3O)CC2)cc1. The van der Waals surface area contributed by atoms with Gasteiger partial charge in [-0.3, -0.25) is 14.5 Å². The Morgan fingerprint density at radius 2 is 1.79 bits per heavy atom. The number of nitrogens with one attached hydrogen (secondary N) is 1. The summed E-state index contributed by atoms with van der Waals surface area (Å²) in [6, 6.07) is 13.9. The number of aromatic hydroxyl groups is 2. The van der Waals surface area contributed by atoms with E-state index >= 15 is 0 Å². The molecule has 1 aliphatic heterocycles. The number of ether oxygens (including phenoxy) is 2. The lowest BCUT2D eigenvalue weighted by atomic mass is 9.91. The Labute approximate surface area is 221 Å². The average molecular weight is 523 g/mol. The summed E-state index contributed by atoms with van der Waals surface area (Å²) in [5, 5.41) is 23.7. The van der Waals surface area contributed by atoms with Crippen LogP contribution in [0.1, 0.15) is 47.8 Å². The first-order valence-electron chi connectivity index (χ1n) is 12.6. The van der Waals surface area contributed by atoms with Crippen molar-refractivity contribution in [2.75, 3.05) is 27.3 Å². The van der Waals surface area contributed by atoms with E-state index in [0.717, 1.165) is 38.2 Å². The summed E-state index contributed by atoms with van der Waals surface area (Å²) in [4.78, 5) is 27.8. The molecule has 0 radical (unpaired) electrons. The highest BCUT2D eigenvalue weighted by Gasteiger charge is 2.28. The van der Waals surface area contributed by atoms with Crippen LogP contribution in [0, 0.1) is 6.92 Å². The number of piperidine rings is 1. The molecule has 2 heterocycles. The monoisotopic (exact) mass is 522 g/mol. The summed E-state index contributed by atoms with van der Waals surface area (Å²) in [6.45, 7) is 4.14. The van der Waals surface area contributed by atoms with E-state index in [1.165, 1.54) is 24.8 Å². The van der Waals surface area contributed by atoms with E-state index in [9.17, 15) is 19.8 Å². The Morgan fingerprint density at radius 1 is 1.08 bits per heavy atom. The Morgan fingerprint density at radius 3 is 2.45 bits per heavy atom. The second-order valence-electron chi connectivity index (χ2n) is 9.59. The molecule has 202 valence electrons. The number of nitrogens with zero attached hydrogens (tertiary/aromatic N) is 1. The highest BCUT2D eigenvalue weighted by Crippen LogP contribution is 2.37. The fourth-order valence-electron chi connectivity index (χ4n) is 4.83. The van der Waals surface area contributed by atoms with Gasteiger partial charge < -0.3 is 29.4 Å². The maximum Gasteiger partial charge on any atom is 0.227 e. The zero-order chi connectivity index (χ0) is 27.2. The largest absolute Gasteiger partial charge is 0.504 e. The van der Waals surface area contributed by atoms with Gasteiger partial charge in [-0.25, -0.2) is 0 Å². The first-order chi connectivity index (χ1) is 18.3. The van der Waals surface area contributed by atoms with Crippen LogP contribution in [0.15, 0.2) is 57.7 Å². The van der Waals surface area contributed by atoms with Crippen molar-refractivity contribution in [1.29, 1.82) is 0 Å². The molecule has 1 aliphatic rings. The summed E-state index contributed by atoms with van der Waals surface area (Å²) in [6.07, 6.45) is 1.56. The second-order valence-corrected chi connectivity index (χ2v) is 9.59. The summed E-state index contributed by atoms with van der Waals surface area (Å²) in [5.41, 5.74) is 1.19. The minimum atomic E-state index is -0.757. The van der Waals surface area contributed by atoms with E-state index in [1.54, 1.807) is 26.2 Å². The van der Waals surface area contributed by atoms with Crippen molar-refractivity contribution in [1.82, 2.24) is 10.2 Å². The van der Waals surface area contributed by atoms with Gasteiger partial charge in [0.1, 0.15) is 11.5 Å². The number of methoxy groups -OCH3 is 2. The molecule has 1 fully saturated rings. The van der Waals surface area contributed by atoms with E-state index < -0.39 is 17.1 Å². The molecule has 0 aliphatic carbocycles. The van der Waals surface area contributed by atoms with Crippen molar-refractivity contribution < 1.29 is 28.9 Å². The molecule has 3 N–H and O–H groups in total. The quantitative estimate of drug-likeness (QED) is 0.389. The highest BCUT2D eigenvalue weighted by molar-refractivity contribution is 5.78. The smallest absolute Gasteiger partial charge is 0.227 e. The van der Waals surface area contributed by atoms with E-state index in [0.29, 0.717) is 11.3 Å². The van der Waals surface area contributed by atoms with Gasteiger partial charge in [0.05, 0.1) is 20.1 Å². The van der Waals surface area contributed by atoms with Crippen LogP contribution in [0.2, 0.25) is 0 Å². The molecule has 1 atom stereocenters. The number of amides is 1. The van der Waals surface area contributed by atoms with Crippen LogP contribution in [-0.4, -0.2) is 54.4 Å². The standard InChI is InChI=1S/C29H34N2O7/c1-18-14-25(33)28(35)29(38-18)23(20-6-9-24(32)26(15-20)37-3)16-27(34)30-21-10-12-31(13-11-21)17-19-4-7-22(36-2)8-5-19/h4-9,14-15,21,23,32,35H,10-13,16-17H2,1-3H3,(H,30,34)/t23-/m0/s1. The number of likely N-dealkylation sites (tertiary alicyclic amines) is 1. The van der Waals surface area contributed by atoms with E-state index in [2.05, 4.69) is 22.3 Å². The lowest BCUT2D eigenvalue weighted by Gasteiger charge is -2.32. The average Bonchev–Trinajstić information content (AvgIpc) is 2.91. The Hall–Kier alpha value is -3.98. The van der Waals surface area contributed by atoms with Crippen molar-refractivity contribution >= 4 is 5.91 Å². The number of carbonyl (C=O) groups excluding carboxylic acids is 1. The summed E-state index contributed by atoms with van der Waals surface area (Å²) in [5.74, 6) is -0.200. The van der Waals surface area contributed by atoms with Crippen LogP contribution in [0.4, 0.5) is 0 Å². The zero-order valence-corrected chi connectivity index (χ0v) is 21.9. The van der Waals surface area contributed by atoms with Crippen molar-refractivity contribution in [3.63, 3.8) is 0 Å². The van der Waals surface area contributed by atoms with Crippen molar-refractivity contribution in [2.24, 2.45) is 0 Å². The van der Waals surface area contributed by atoms with Gasteiger partial charge in [-0.05, 0) is 55.2 Å². The molecular weight excluding hydrogens is 488 g/mol. The Bertz CT molecular complexity index is 1310. The number of hydrogen-bond donors (Lipinski definition) is 3. The van der Waals surface area contributed by atoms with Gasteiger partial charge in [-0.2, -0.15) is 0 Å². The number of benzene rings is 2. The maximum atomic E-state index is 13.2. The van der Waals surface area contributed by atoms with Crippen LogP contribution in [0.25, 0.3) is 0 Å². The van der Waals surface area contributed by atoms with E-state index in [4.69, 9.17) is 13.9 Å². The maximum absolute atomic E-state index is 13.2.